The Balaban J connectivity index is 2.30. The van der Waals surface area contributed by atoms with Crippen LogP contribution < -0.4 is 0 Å². The van der Waals surface area contributed by atoms with Gasteiger partial charge in [0.2, 0.25) is 0 Å². The first-order valence-electron chi connectivity index (χ1n) is 5.87. The van der Waals surface area contributed by atoms with Gasteiger partial charge in [0.1, 0.15) is 6.29 Å². The molecule has 0 bridgehead atoms. The Morgan fingerprint density at radius 1 is 1.50 bits per heavy atom. The van der Waals surface area contributed by atoms with Crippen LogP contribution in [-0.2, 0) is 9.16 Å². The fourth-order valence-corrected chi connectivity index (χ4v) is 4.06. The highest BCUT2D eigenvalue weighted by Crippen LogP contribution is 2.27. The predicted octanol–water partition coefficient (Wildman–Crippen LogP) is 3.53. The average molecular weight is 216 g/mol. The highest BCUT2D eigenvalue weighted by Gasteiger charge is 2.31. The normalized spacial score (nSPS) is 28.7. The Hall–Kier alpha value is 0.137. The van der Waals surface area contributed by atoms with Gasteiger partial charge >= 0.3 is 0 Å². The molecule has 0 aromatic heterocycles. The van der Waals surface area contributed by atoms with Crippen LogP contribution >= 0.6 is 0 Å². The van der Waals surface area contributed by atoms with Gasteiger partial charge in [-0.2, -0.15) is 0 Å². The molecule has 1 heterocycles. The first kappa shape index (κ1) is 12.2. The van der Waals surface area contributed by atoms with Crippen LogP contribution in [0.4, 0.5) is 0 Å². The summed E-state index contributed by atoms with van der Waals surface area (Å²) in [4.78, 5) is 0. The van der Waals surface area contributed by atoms with Gasteiger partial charge in [0.25, 0.3) is 0 Å². The van der Waals surface area contributed by atoms with Crippen molar-refractivity contribution in [2.24, 2.45) is 0 Å². The van der Waals surface area contributed by atoms with Gasteiger partial charge < -0.3 is 9.16 Å². The first-order chi connectivity index (χ1) is 6.53. The number of hydrogen-bond donors (Lipinski definition) is 0. The van der Waals surface area contributed by atoms with E-state index < -0.39 is 8.32 Å². The number of rotatable bonds is 4. The third-order valence-corrected chi connectivity index (χ3v) is 5.21. The van der Waals surface area contributed by atoms with Gasteiger partial charge in [0.15, 0.2) is 8.32 Å². The minimum Gasteiger partial charge on any atom is -0.393 e. The lowest BCUT2D eigenvalue weighted by Crippen LogP contribution is -2.41. The third kappa shape index (κ3) is 4.11. The van der Waals surface area contributed by atoms with Crippen molar-refractivity contribution in [3.63, 3.8) is 0 Å². The Morgan fingerprint density at radius 3 is 2.79 bits per heavy atom. The molecule has 3 heteroatoms. The maximum atomic E-state index is 6.01. The second-order valence-corrected chi connectivity index (χ2v) is 9.19. The van der Waals surface area contributed by atoms with Crippen molar-refractivity contribution in [1.29, 1.82) is 0 Å². The van der Waals surface area contributed by atoms with Crippen molar-refractivity contribution < 1.29 is 9.16 Å². The van der Waals surface area contributed by atoms with E-state index in [4.69, 9.17) is 9.16 Å². The molecule has 14 heavy (non-hydrogen) atoms. The van der Waals surface area contributed by atoms with Crippen LogP contribution in [0.25, 0.3) is 0 Å². The summed E-state index contributed by atoms with van der Waals surface area (Å²) in [5, 5.41) is 0. The lowest BCUT2D eigenvalue weighted by Gasteiger charge is -2.35. The fourth-order valence-electron chi connectivity index (χ4n) is 2.00. The van der Waals surface area contributed by atoms with E-state index in [2.05, 4.69) is 26.9 Å². The minimum absolute atomic E-state index is 0.0898. The van der Waals surface area contributed by atoms with Crippen molar-refractivity contribution in [3.8, 4) is 0 Å². The Morgan fingerprint density at radius 2 is 2.21 bits per heavy atom. The highest BCUT2D eigenvalue weighted by molar-refractivity contribution is 6.71. The standard InChI is InChI=1S/C11H24O2Si/c1-5-7-10(2)12-11-8-6-9-14(3,4)13-11/h10-11H,5-9H2,1-4H3. The van der Waals surface area contributed by atoms with E-state index in [0.29, 0.717) is 6.10 Å². The van der Waals surface area contributed by atoms with Crippen molar-refractivity contribution in [2.75, 3.05) is 0 Å². The van der Waals surface area contributed by atoms with E-state index >= 15 is 0 Å². The molecule has 1 aliphatic rings. The van der Waals surface area contributed by atoms with Crippen molar-refractivity contribution in [2.45, 2.75) is 71.1 Å². The smallest absolute Gasteiger partial charge is 0.190 e. The molecule has 1 rings (SSSR count). The molecule has 1 aliphatic heterocycles. The Labute approximate surface area is 89.1 Å². The van der Waals surface area contributed by atoms with Crippen molar-refractivity contribution in [1.82, 2.24) is 0 Å². The van der Waals surface area contributed by atoms with E-state index in [9.17, 15) is 0 Å². The zero-order valence-electron chi connectivity index (χ0n) is 10.0. The summed E-state index contributed by atoms with van der Waals surface area (Å²) >= 11 is 0. The lowest BCUT2D eigenvalue weighted by molar-refractivity contribution is -0.130. The van der Waals surface area contributed by atoms with Crippen LogP contribution in [0.15, 0.2) is 0 Å². The molecule has 0 N–H and O–H groups in total. The monoisotopic (exact) mass is 216 g/mol. The molecule has 1 saturated heterocycles. The quantitative estimate of drug-likeness (QED) is 0.669. The third-order valence-electron chi connectivity index (χ3n) is 2.75. The molecule has 0 spiro atoms. The topological polar surface area (TPSA) is 18.5 Å². The van der Waals surface area contributed by atoms with Crippen LogP contribution in [0.5, 0.6) is 0 Å². The van der Waals surface area contributed by atoms with Crippen LogP contribution in [-0.4, -0.2) is 20.7 Å². The molecule has 0 aromatic rings. The molecule has 0 saturated carbocycles. The number of ether oxygens (including phenoxy) is 1. The molecule has 84 valence electrons. The summed E-state index contributed by atoms with van der Waals surface area (Å²) in [6.45, 7) is 8.91. The SMILES string of the molecule is CCCC(C)OC1CCC[Si](C)(C)O1. The van der Waals surface area contributed by atoms with Gasteiger partial charge in [-0.15, -0.1) is 0 Å². The zero-order valence-corrected chi connectivity index (χ0v) is 11.0. The molecular formula is C11H24O2Si. The second kappa shape index (κ2) is 5.28. The summed E-state index contributed by atoms with van der Waals surface area (Å²) in [7, 11) is -1.37. The van der Waals surface area contributed by atoms with Crippen LogP contribution in [0, 0.1) is 0 Å². The van der Waals surface area contributed by atoms with Crippen molar-refractivity contribution in [3.05, 3.63) is 0 Å². The van der Waals surface area contributed by atoms with E-state index in [-0.39, 0.29) is 6.29 Å². The van der Waals surface area contributed by atoms with Gasteiger partial charge in [-0.1, -0.05) is 13.3 Å². The maximum absolute atomic E-state index is 6.01. The largest absolute Gasteiger partial charge is 0.393 e. The van der Waals surface area contributed by atoms with Gasteiger partial charge in [-0.25, -0.2) is 0 Å². The molecule has 0 aromatic carbocycles. The second-order valence-electron chi connectivity index (χ2n) is 4.93. The lowest BCUT2D eigenvalue weighted by atomic mass is 10.2. The molecule has 0 radical (unpaired) electrons. The van der Waals surface area contributed by atoms with Gasteiger partial charge in [0.05, 0.1) is 6.10 Å². The fraction of sp³-hybridized carbons (Fsp3) is 1.00. The maximum Gasteiger partial charge on any atom is 0.190 e. The predicted molar refractivity (Wildman–Crippen MR) is 61.9 cm³/mol. The van der Waals surface area contributed by atoms with E-state index in [0.717, 1.165) is 12.8 Å². The molecular weight excluding hydrogens is 192 g/mol. The summed E-state index contributed by atoms with van der Waals surface area (Å²) in [5.41, 5.74) is 0. The molecule has 1 fully saturated rings. The van der Waals surface area contributed by atoms with Crippen LogP contribution in [0.2, 0.25) is 19.1 Å². The van der Waals surface area contributed by atoms with Crippen LogP contribution in [0.1, 0.15) is 39.5 Å². The van der Waals surface area contributed by atoms with E-state index in [1.807, 2.05) is 0 Å². The summed E-state index contributed by atoms with van der Waals surface area (Å²) in [6, 6.07) is 1.29. The number of hydrogen-bond acceptors (Lipinski definition) is 2. The molecule has 2 nitrogen and oxygen atoms in total. The van der Waals surface area contributed by atoms with Crippen LogP contribution in [0.3, 0.4) is 0 Å². The Bertz CT molecular complexity index is 171. The molecule has 2 atom stereocenters. The summed E-state index contributed by atoms with van der Waals surface area (Å²) in [5.74, 6) is 0. The van der Waals surface area contributed by atoms with E-state index in [1.54, 1.807) is 0 Å². The van der Waals surface area contributed by atoms with Gasteiger partial charge in [0, 0.05) is 0 Å². The van der Waals surface area contributed by atoms with Gasteiger partial charge in [-0.3, -0.25) is 0 Å². The average Bonchev–Trinajstić information content (AvgIpc) is 2.02. The minimum atomic E-state index is -1.37. The zero-order chi connectivity index (χ0) is 10.6. The van der Waals surface area contributed by atoms with E-state index in [1.165, 1.54) is 18.9 Å². The molecule has 0 aliphatic carbocycles. The van der Waals surface area contributed by atoms with Gasteiger partial charge in [-0.05, 0) is 45.3 Å². The summed E-state index contributed by atoms with van der Waals surface area (Å²) in [6.07, 6.45) is 5.14. The van der Waals surface area contributed by atoms with Crippen molar-refractivity contribution >= 4 is 8.32 Å². The first-order valence-corrected chi connectivity index (χ1v) is 8.98. The summed E-state index contributed by atoms with van der Waals surface area (Å²) < 4.78 is 11.9. The molecule has 2 unspecified atom stereocenters. The Kier molecular flexibility index (Phi) is 4.61. The molecule has 0 amide bonds. The highest BCUT2D eigenvalue weighted by atomic mass is 28.4.